The maximum atomic E-state index is 13.0. The van der Waals surface area contributed by atoms with Gasteiger partial charge in [0.2, 0.25) is 0 Å². The number of hydrogen-bond donors (Lipinski definition) is 2. The third-order valence-electron chi connectivity index (χ3n) is 4.19. The van der Waals surface area contributed by atoms with Crippen molar-refractivity contribution in [2.24, 2.45) is 5.92 Å². The molecular formula is C15H20ClFO2. The SMILES string of the molecule is CC1CCC(O)(C(O)Cc2ccc(F)cc2Cl)CC1. The van der Waals surface area contributed by atoms with E-state index in [2.05, 4.69) is 6.92 Å². The summed E-state index contributed by atoms with van der Waals surface area (Å²) >= 11 is 5.95. The van der Waals surface area contributed by atoms with E-state index in [0.29, 0.717) is 29.3 Å². The van der Waals surface area contributed by atoms with Crippen molar-refractivity contribution in [2.75, 3.05) is 0 Å². The Morgan fingerprint density at radius 2 is 2.05 bits per heavy atom. The van der Waals surface area contributed by atoms with E-state index in [1.54, 1.807) is 6.07 Å². The summed E-state index contributed by atoms with van der Waals surface area (Å²) in [6, 6.07) is 4.12. The molecule has 1 aromatic rings. The van der Waals surface area contributed by atoms with Crippen LogP contribution < -0.4 is 0 Å². The lowest BCUT2D eigenvalue weighted by atomic mass is 9.75. The van der Waals surface area contributed by atoms with Crippen LogP contribution >= 0.6 is 11.6 Å². The molecule has 1 unspecified atom stereocenters. The summed E-state index contributed by atoms with van der Waals surface area (Å²) in [5, 5.41) is 21.1. The van der Waals surface area contributed by atoms with E-state index in [1.807, 2.05) is 0 Å². The van der Waals surface area contributed by atoms with Crippen LogP contribution in [0.3, 0.4) is 0 Å². The molecule has 1 atom stereocenters. The van der Waals surface area contributed by atoms with Gasteiger partial charge in [0.1, 0.15) is 5.82 Å². The molecule has 0 aromatic heterocycles. The summed E-state index contributed by atoms with van der Waals surface area (Å²) in [4.78, 5) is 0. The highest BCUT2D eigenvalue weighted by atomic mass is 35.5. The monoisotopic (exact) mass is 286 g/mol. The lowest BCUT2D eigenvalue weighted by Gasteiger charge is -2.38. The molecule has 0 spiro atoms. The van der Waals surface area contributed by atoms with E-state index in [4.69, 9.17) is 11.6 Å². The molecule has 1 aromatic carbocycles. The second-order valence-electron chi connectivity index (χ2n) is 5.74. The number of rotatable bonds is 3. The first kappa shape index (κ1) is 14.8. The number of hydrogen-bond acceptors (Lipinski definition) is 2. The molecule has 1 aliphatic rings. The minimum atomic E-state index is -1.04. The zero-order valence-corrected chi connectivity index (χ0v) is 11.8. The van der Waals surface area contributed by atoms with Gasteiger partial charge in [0.25, 0.3) is 0 Å². The zero-order valence-electron chi connectivity index (χ0n) is 11.1. The Balaban J connectivity index is 2.06. The quantitative estimate of drug-likeness (QED) is 0.895. The molecule has 0 amide bonds. The fourth-order valence-electron chi connectivity index (χ4n) is 2.68. The number of aliphatic hydroxyl groups is 2. The molecule has 4 heteroatoms. The first-order valence-corrected chi connectivity index (χ1v) is 7.13. The van der Waals surface area contributed by atoms with E-state index in [9.17, 15) is 14.6 Å². The van der Waals surface area contributed by atoms with Gasteiger partial charge in [-0.1, -0.05) is 24.6 Å². The second-order valence-corrected chi connectivity index (χ2v) is 6.15. The van der Waals surface area contributed by atoms with Gasteiger partial charge in [0.15, 0.2) is 0 Å². The van der Waals surface area contributed by atoms with Gasteiger partial charge in [-0.25, -0.2) is 4.39 Å². The zero-order chi connectivity index (χ0) is 14.0. The highest BCUT2D eigenvalue weighted by Crippen LogP contribution is 2.35. The Labute approximate surface area is 118 Å². The normalized spacial score (nSPS) is 29.2. The molecule has 2 rings (SSSR count). The summed E-state index contributed by atoms with van der Waals surface area (Å²) in [7, 11) is 0. The molecule has 106 valence electrons. The fourth-order valence-corrected chi connectivity index (χ4v) is 2.93. The van der Waals surface area contributed by atoms with Gasteiger partial charge < -0.3 is 10.2 Å². The molecular weight excluding hydrogens is 267 g/mol. The summed E-state index contributed by atoms with van der Waals surface area (Å²) in [5.41, 5.74) is -0.368. The van der Waals surface area contributed by atoms with Crippen LogP contribution in [0.2, 0.25) is 5.02 Å². The average molecular weight is 287 g/mol. The van der Waals surface area contributed by atoms with Gasteiger partial charge >= 0.3 is 0 Å². The summed E-state index contributed by atoms with van der Waals surface area (Å²) < 4.78 is 13.0. The maximum absolute atomic E-state index is 13.0. The van der Waals surface area contributed by atoms with Crippen molar-refractivity contribution in [1.29, 1.82) is 0 Å². The van der Waals surface area contributed by atoms with Crippen molar-refractivity contribution in [3.8, 4) is 0 Å². The maximum Gasteiger partial charge on any atom is 0.124 e. The minimum absolute atomic E-state index is 0.254. The third-order valence-corrected chi connectivity index (χ3v) is 4.54. The largest absolute Gasteiger partial charge is 0.390 e. The van der Waals surface area contributed by atoms with E-state index in [1.165, 1.54) is 12.1 Å². The Morgan fingerprint density at radius 1 is 1.42 bits per heavy atom. The Bertz CT molecular complexity index is 442. The van der Waals surface area contributed by atoms with Crippen molar-refractivity contribution in [3.05, 3.63) is 34.6 Å². The fraction of sp³-hybridized carbons (Fsp3) is 0.600. The highest BCUT2D eigenvalue weighted by molar-refractivity contribution is 6.31. The van der Waals surface area contributed by atoms with Gasteiger partial charge in [0, 0.05) is 11.4 Å². The molecule has 2 N–H and O–H groups in total. The molecule has 0 saturated heterocycles. The van der Waals surface area contributed by atoms with Crippen LogP contribution in [0.5, 0.6) is 0 Å². The van der Waals surface area contributed by atoms with Crippen LogP contribution in [-0.4, -0.2) is 21.9 Å². The molecule has 19 heavy (non-hydrogen) atoms. The Hall–Kier alpha value is -0.640. The number of halogens is 2. The molecule has 1 saturated carbocycles. The summed E-state index contributed by atoms with van der Waals surface area (Å²) in [5.74, 6) is 0.204. The van der Waals surface area contributed by atoms with Crippen LogP contribution in [0.4, 0.5) is 4.39 Å². The predicted octanol–water partition coefficient (Wildman–Crippen LogP) is 3.32. The Morgan fingerprint density at radius 3 is 2.63 bits per heavy atom. The van der Waals surface area contributed by atoms with E-state index in [-0.39, 0.29) is 6.42 Å². The lowest BCUT2D eigenvalue weighted by Crippen LogP contribution is -2.46. The molecule has 0 radical (unpaired) electrons. The van der Waals surface area contributed by atoms with Crippen LogP contribution in [0.1, 0.15) is 38.2 Å². The van der Waals surface area contributed by atoms with Crippen LogP contribution in [-0.2, 0) is 6.42 Å². The summed E-state index contributed by atoms with van der Waals surface area (Å²) in [6.07, 6.45) is 2.45. The van der Waals surface area contributed by atoms with Gasteiger partial charge in [0.05, 0.1) is 11.7 Å². The van der Waals surface area contributed by atoms with Crippen LogP contribution in [0.25, 0.3) is 0 Å². The van der Waals surface area contributed by atoms with Crippen molar-refractivity contribution < 1.29 is 14.6 Å². The van der Waals surface area contributed by atoms with Crippen molar-refractivity contribution in [1.82, 2.24) is 0 Å². The van der Waals surface area contributed by atoms with E-state index in [0.717, 1.165) is 12.8 Å². The lowest BCUT2D eigenvalue weighted by molar-refractivity contribution is -0.102. The predicted molar refractivity (Wildman–Crippen MR) is 73.7 cm³/mol. The standard InChI is InChI=1S/C15H20ClFO2/c1-10-4-6-15(19,7-5-10)14(18)8-11-2-3-12(17)9-13(11)16/h2-3,9-10,14,18-19H,4-8H2,1H3. The smallest absolute Gasteiger partial charge is 0.124 e. The minimum Gasteiger partial charge on any atom is -0.390 e. The molecule has 2 nitrogen and oxygen atoms in total. The molecule has 0 bridgehead atoms. The number of benzene rings is 1. The molecule has 1 fully saturated rings. The summed E-state index contributed by atoms with van der Waals surface area (Å²) in [6.45, 7) is 2.16. The topological polar surface area (TPSA) is 40.5 Å². The average Bonchev–Trinajstić information content (AvgIpc) is 2.36. The van der Waals surface area contributed by atoms with Gasteiger partial charge in [-0.3, -0.25) is 0 Å². The molecule has 0 aliphatic heterocycles. The van der Waals surface area contributed by atoms with Crippen LogP contribution in [0, 0.1) is 11.7 Å². The number of aliphatic hydroxyl groups excluding tert-OH is 1. The van der Waals surface area contributed by atoms with Gasteiger partial charge in [-0.15, -0.1) is 0 Å². The van der Waals surface area contributed by atoms with Crippen molar-refractivity contribution in [2.45, 2.75) is 50.7 Å². The first-order valence-electron chi connectivity index (χ1n) is 6.75. The van der Waals surface area contributed by atoms with E-state index < -0.39 is 17.5 Å². The third kappa shape index (κ3) is 3.47. The van der Waals surface area contributed by atoms with Crippen molar-refractivity contribution in [3.63, 3.8) is 0 Å². The second kappa shape index (κ2) is 5.78. The van der Waals surface area contributed by atoms with Gasteiger partial charge in [-0.05, 0) is 49.3 Å². The van der Waals surface area contributed by atoms with Gasteiger partial charge in [-0.2, -0.15) is 0 Å². The first-order chi connectivity index (χ1) is 8.90. The van der Waals surface area contributed by atoms with Crippen molar-refractivity contribution >= 4 is 11.6 Å². The molecule has 0 heterocycles. The highest BCUT2D eigenvalue weighted by Gasteiger charge is 2.38. The molecule has 1 aliphatic carbocycles. The van der Waals surface area contributed by atoms with E-state index >= 15 is 0 Å². The van der Waals surface area contributed by atoms with Crippen LogP contribution in [0.15, 0.2) is 18.2 Å². The Kier molecular flexibility index (Phi) is 4.49.